The van der Waals surface area contributed by atoms with Crippen molar-refractivity contribution < 1.29 is 25.8 Å². The smallest absolute Gasteiger partial charge is 0.375 e. The van der Waals surface area contributed by atoms with Gasteiger partial charge >= 0.3 is 15.6 Å². The third-order valence-electron chi connectivity index (χ3n) is 4.16. The molecule has 0 fully saturated rings. The lowest BCUT2D eigenvalue weighted by atomic mass is 10.2. The van der Waals surface area contributed by atoms with E-state index >= 15 is 0 Å². The largest absolute Gasteiger partial charge is 0.534 e. The maximum absolute atomic E-state index is 12.3. The van der Waals surface area contributed by atoms with Crippen LogP contribution in [0, 0.1) is 13.8 Å². The number of halogens is 3. The summed E-state index contributed by atoms with van der Waals surface area (Å²) < 4.78 is 63.1. The van der Waals surface area contributed by atoms with Crippen molar-refractivity contribution in [2.75, 3.05) is 0 Å². The molecular formula is C21H17F3N2O4S. The lowest BCUT2D eigenvalue weighted by Gasteiger charge is -2.11. The summed E-state index contributed by atoms with van der Waals surface area (Å²) in [5.74, 6) is -0.388. The van der Waals surface area contributed by atoms with E-state index in [4.69, 9.17) is 0 Å². The lowest BCUT2D eigenvalue weighted by molar-refractivity contribution is -0.0499. The molecule has 0 radical (unpaired) electrons. The highest BCUT2D eigenvalue weighted by Gasteiger charge is 2.48. The maximum atomic E-state index is 12.3. The van der Waals surface area contributed by atoms with Gasteiger partial charge in [0.05, 0.1) is 5.52 Å². The van der Waals surface area contributed by atoms with Gasteiger partial charge in [0.1, 0.15) is 0 Å². The first-order valence-corrected chi connectivity index (χ1v) is 10.3. The standard InChI is InChI=1S/C11H8F3NO3S.C10H9NO/c1-7-6-10(18-19(16,17)11(12,13)14)8-4-2-3-5-9(8)15-7;1-7-6-10(12)8-4-2-3-5-9(8)11-7/h2-6H,1H3;2-6H,1H3,(H,11,12). The molecule has 0 aliphatic rings. The molecular weight excluding hydrogens is 433 g/mol. The number of para-hydroxylation sites is 2. The first-order valence-electron chi connectivity index (χ1n) is 8.94. The first-order chi connectivity index (χ1) is 14.5. The third-order valence-corrected chi connectivity index (χ3v) is 5.13. The fourth-order valence-corrected chi connectivity index (χ4v) is 3.30. The number of benzene rings is 2. The van der Waals surface area contributed by atoms with Crippen LogP contribution in [0.2, 0.25) is 0 Å². The van der Waals surface area contributed by atoms with Gasteiger partial charge in [-0.1, -0.05) is 24.3 Å². The second-order valence-corrected chi connectivity index (χ2v) is 8.16. The summed E-state index contributed by atoms with van der Waals surface area (Å²) in [6.07, 6.45) is 0. The second kappa shape index (κ2) is 8.38. The van der Waals surface area contributed by atoms with Crippen LogP contribution >= 0.6 is 0 Å². The Labute approximate surface area is 175 Å². The van der Waals surface area contributed by atoms with E-state index in [0.717, 1.165) is 22.7 Å². The molecule has 10 heteroatoms. The normalized spacial score (nSPS) is 11.8. The van der Waals surface area contributed by atoms with Crippen molar-refractivity contribution in [2.45, 2.75) is 19.4 Å². The number of alkyl halides is 3. The number of rotatable bonds is 2. The Morgan fingerprint density at radius 1 is 0.935 bits per heavy atom. The SMILES string of the molecule is Cc1cc(=O)c2ccccc2[nH]1.Cc1cc(OS(=O)(=O)C(F)(F)F)c2ccccc2n1. The van der Waals surface area contributed by atoms with Crippen LogP contribution in [-0.4, -0.2) is 23.9 Å². The molecule has 162 valence electrons. The quantitative estimate of drug-likeness (QED) is 0.356. The van der Waals surface area contributed by atoms with Crippen molar-refractivity contribution in [1.82, 2.24) is 9.97 Å². The number of hydrogen-bond donors (Lipinski definition) is 1. The molecule has 0 aliphatic carbocycles. The van der Waals surface area contributed by atoms with E-state index in [1.165, 1.54) is 13.0 Å². The number of aryl methyl sites for hydroxylation is 2. The molecule has 6 nitrogen and oxygen atoms in total. The van der Waals surface area contributed by atoms with E-state index in [9.17, 15) is 26.4 Å². The number of nitrogens with zero attached hydrogens (tertiary/aromatic N) is 1. The van der Waals surface area contributed by atoms with Crippen molar-refractivity contribution in [1.29, 1.82) is 0 Å². The monoisotopic (exact) mass is 450 g/mol. The van der Waals surface area contributed by atoms with Crippen LogP contribution in [0.15, 0.2) is 65.5 Å². The summed E-state index contributed by atoms with van der Waals surface area (Å²) >= 11 is 0. The predicted octanol–water partition coefficient (Wildman–Crippen LogP) is 4.61. The van der Waals surface area contributed by atoms with Gasteiger partial charge in [0.15, 0.2) is 11.2 Å². The second-order valence-electron chi connectivity index (χ2n) is 6.62. The van der Waals surface area contributed by atoms with Gasteiger partial charge in [-0.2, -0.15) is 21.6 Å². The summed E-state index contributed by atoms with van der Waals surface area (Å²) in [7, 11) is -5.69. The Morgan fingerprint density at radius 3 is 2.23 bits per heavy atom. The van der Waals surface area contributed by atoms with Crippen LogP contribution in [0.4, 0.5) is 13.2 Å². The van der Waals surface area contributed by atoms with Gasteiger partial charge in [0, 0.05) is 39.8 Å². The maximum Gasteiger partial charge on any atom is 0.534 e. The average molecular weight is 450 g/mol. The van der Waals surface area contributed by atoms with Gasteiger partial charge in [0.25, 0.3) is 0 Å². The predicted molar refractivity (Wildman–Crippen MR) is 111 cm³/mol. The first kappa shape index (κ1) is 22.3. The van der Waals surface area contributed by atoms with Gasteiger partial charge in [-0.15, -0.1) is 0 Å². The van der Waals surface area contributed by atoms with Crippen molar-refractivity contribution in [3.63, 3.8) is 0 Å². The van der Waals surface area contributed by atoms with Gasteiger partial charge in [0.2, 0.25) is 0 Å². The molecule has 4 aromatic rings. The van der Waals surface area contributed by atoms with Crippen LogP contribution in [0.1, 0.15) is 11.4 Å². The lowest BCUT2D eigenvalue weighted by Crippen LogP contribution is -2.28. The minimum atomic E-state index is -5.69. The molecule has 0 saturated carbocycles. The molecule has 0 saturated heterocycles. The molecule has 0 atom stereocenters. The highest BCUT2D eigenvalue weighted by Crippen LogP contribution is 2.31. The Kier molecular flexibility index (Phi) is 6.03. The zero-order valence-corrected chi connectivity index (χ0v) is 17.2. The highest BCUT2D eigenvalue weighted by molar-refractivity contribution is 7.88. The number of nitrogens with one attached hydrogen (secondary N) is 1. The number of H-pyrrole nitrogens is 1. The fraction of sp³-hybridized carbons (Fsp3) is 0.143. The molecule has 0 aliphatic heterocycles. The van der Waals surface area contributed by atoms with Gasteiger partial charge in [-0.25, -0.2) is 0 Å². The summed E-state index contributed by atoms with van der Waals surface area (Å²) in [5.41, 5.74) is -2.87. The minimum absolute atomic E-state index is 0.0850. The Balaban J connectivity index is 0.000000194. The Morgan fingerprint density at radius 2 is 1.55 bits per heavy atom. The van der Waals surface area contributed by atoms with Crippen molar-refractivity contribution in [3.8, 4) is 5.75 Å². The van der Waals surface area contributed by atoms with E-state index in [1.807, 2.05) is 31.2 Å². The third kappa shape index (κ3) is 5.02. The molecule has 4 rings (SSSR count). The van der Waals surface area contributed by atoms with E-state index in [-0.39, 0.29) is 16.6 Å². The van der Waals surface area contributed by atoms with Crippen LogP contribution < -0.4 is 9.61 Å². The zero-order valence-electron chi connectivity index (χ0n) is 16.4. The van der Waals surface area contributed by atoms with E-state index < -0.39 is 15.6 Å². The molecule has 1 N–H and O–H groups in total. The molecule has 0 spiro atoms. The topological polar surface area (TPSA) is 89.1 Å². The molecule has 2 aromatic heterocycles. The molecule has 0 unspecified atom stereocenters. The average Bonchev–Trinajstić information content (AvgIpc) is 2.67. The molecule has 2 heterocycles. The highest BCUT2D eigenvalue weighted by atomic mass is 32.2. The van der Waals surface area contributed by atoms with E-state index in [2.05, 4.69) is 14.2 Å². The van der Waals surface area contributed by atoms with Crippen LogP contribution in [0.25, 0.3) is 21.8 Å². The summed E-state index contributed by atoms with van der Waals surface area (Å²) in [6.45, 7) is 3.41. The summed E-state index contributed by atoms with van der Waals surface area (Å²) in [6, 6.07) is 16.4. The van der Waals surface area contributed by atoms with E-state index in [0.29, 0.717) is 11.2 Å². The number of hydrogen-bond acceptors (Lipinski definition) is 5. The zero-order chi connectivity index (χ0) is 22.8. The molecule has 0 bridgehead atoms. The van der Waals surface area contributed by atoms with Crippen LogP contribution in [-0.2, 0) is 10.1 Å². The number of aromatic amines is 1. The van der Waals surface area contributed by atoms with Crippen molar-refractivity contribution in [2.24, 2.45) is 0 Å². The van der Waals surface area contributed by atoms with Gasteiger partial charge in [-0.3, -0.25) is 9.78 Å². The number of pyridine rings is 2. The number of aromatic nitrogens is 2. The fourth-order valence-electron chi connectivity index (χ4n) is 2.83. The van der Waals surface area contributed by atoms with Gasteiger partial charge in [-0.05, 0) is 38.1 Å². The van der Waals surface area contributed by atoms with Crippen LogP contribution in [0.5, 0.6) is 5.75 Å². The van der Waals surface area contributed by atoms with Crippen molar-refractivity contribution in [3.05, 3.63) is 82.3 Å². The summed E-state index contributed by atoms with van der Waals surface area (Å²) in [5, 5.41) is 0.948. The summed E-state index contributed by atoms with van der Waals surface area (Å²) in [4.78, 5) is 18.6. The van der Waals surface area contributed by atoms with Crippen molar-refractivity contribution >= 4 is 31.9 Å². The van der Waals surface area contributed by atoms with E-state index in [1.54, 1.807) is 24.3 Å². The Hall–Kier alpha value is -3.40. The Bertz CT molecular complexity index is 1410. The van der Waals surface area contributed by atoms with Crippen LogP contribution in [0.3, 0.4) is 0 Å². The van der Waals surface area contributed by atoms with Gasteiger partial charge < -0.3 is 9.17 Å². The molecule has 2 aromatic carbocycles. The minimum Gasteiger partial charge on any atom is -0.375 e. The molecule has 31 heavy (non-hydrogen) atoms. The molecule has 0 amide bonds. The number of fused-ring (bicyclic) bond motifs is 2.